The van der Waals surface area contributed by atoms with E-state index >= 15 is 0 Å². The van der Waals surface area contributed by atoms with Gasteiger partial charge in [0.25, 0.3) is 0 Å². The molecule has 2 fully saturated rings. The zero-order valence-electron chi connectivity index (χ0n) is 21.4. The Labute approximate surface area is 222 Å². The fourth-order valence-electron chi connectivity index (χ4n) is 6.22. The maximum Gasteiger partial charge on any atom is 0.214 e. The van der Waals surface area contributed by atoms with Crippen molar-refractivity contribution in [2.75, 3.05) is 25.4 Å². The highest BCUT2D eigenvalue weighted by Crippen LogP contribution is 2.40. The third kappa shape index (κ3) is 5.27. The minimum atomic E-state index is -3.34. The Morgan fingerprint density at radius 3 is 2.63 bits per heavy atom. The number of aromatic amines is 1. The van der Waals surface area contributed by atoms with Crippen molar-refractivity contribution in [3.63, 3.8) is 0 Å². The van der Waals surface area contributed by atoms with Gasteiger partial charge in [-0.2, -0.15) is 0 Å². The summed E-state index contributed by atoms with van der Waals surface area (Å²) in [6.45, 7) is 1.50. The molecule has 0 radical (unpaired) electrons. The fourth-order valence-corrected chi connectivity index (χ4v) is 8.20. The van der Waals surface area contributed by atoms with Crippen molar-refractivity contribution in [2.24, 2.45) is 11.8 Å². The number of rotatable bonds is 7. The lowest BCUT2D eigenvalue weighted by Crippen LogP contribution is -2.43. The Bertz CT molecular complexity index is 1510. The van der Waals surface area contributed by atoms with Crippen molar-refractivity contribution in [3.8, 4) is 5.75 Å². The van der Waals surface area contributed by atoms with Crippen LogP contribution in [0.4, 0.5) is 4.39 Å². The number of nitrogens with zero attached hydrogens (tertiary/aromatic N) is 3. The predicted octanol–water partition coefficient (Wildman–Crippen LogP) is 5.64. The molecule has 1 aromatic carbocycles. The van der Waals surface area contributed by atoms with Crippen LogP contribution in [0.15, 0.2) is 55.1 Å². The van der Waals surface area contributed by atoms with Crippen LogP contribution in [0.1, 0.15) is 50.0 Å². The molecule has 0 spiro atoms. The first-order valence-electron chi connectivity index (χ1n) is 13.5. The lowest BCUT2D eigenvalue weighted by Gasteiger charge is -2.34. The molecule has 1 saturated carbocycles. The van der Waals surface area contributed by atoms with Gasteiger partial charge in [-0.05, 0) is 86.3 Å². The van der Waals surface area contributed by atoms with Crippen LogP contribution in [0.3, 0.4) is 0 Å². The Hall–Kier alpha value is -3.04. The largest absolute Gasteiger partial charge is 0.493 e. The van der Waals surface area contributed by atoms with Crippen LogP contribution >= 0.6 is 0 Å². The highest BCUT2D eigenvalue weighted by molar-refractivity contribution is 7.89. The third-order valence-electron chi connectivity index (χ3n) is 8.24. The van der Waals surface area contributed by atoms with Gasteiger partial charge in [-0.1, -0.05) is 0 Å². The molecule has 1 aliphatic carbocycles. The molecular weight excluding hydrogens is 503 g/mol. The van der Waals surface area contributed by atoms with Gasteiger partial charge in [0.15, 0.2) is 0 Å². The summed E-state index contributed by atoms with van der Waals surface area (Å²) < 4.78 is 47.4. The Kier molecular flexibility index (Phi) is 7.05. The molecule has 3 aromatic heterocycles. The van der Waals surface area contributed by atoms with Gasteiger partial charge in [-0.3, -0.25) is 4.98 Å². The maximum atomic E-state index is 13.4. The van der Waals surface area contributed by atoms with Crippen molar-refractivity contribution in [1.29, 1.82) is 0 Å². The van der Waals surface area contributed by atoms with Crippen molar-refractivity contribution < 1.29 is 17.5 Å². The SMILES string of the molecule is O=S(=O)(CC1CCC(c2cncc3cnc4[nH]ccc4c23)CC1)N1CCCC(COc2ccc(F)cc2)C1. The number of aromatic nitrogens is 3. The highest BCUT2D eigenvalue weighted by atomic mass is 32.2. The normalized spacial score (nSPS) is 23.1. The second-order valence-corrected chi connectivity index (χ2v) is 12.8. The Morgan fingerprint density at radius 1 is 1.00 bits per heavy atom. The zero-order valence-corrected chi connectivity index (χ0v) is 22.2. The van der Waals surface area contributed by atoms with Gasteiger partial charge < -0.3 is 9.72 Å². The minimum Gasteiger partial charge on any atom is -0.493 e. The number of fused-ring (bicyclic) bond motifs is 3. The Balaban J connectivity index is 1.07. The van der Waals surface area contributed by atoms with Crippen LogP contribution in [0.25, 0.3) is 21.8 Å². The van der Waals surface area contributed by atoms with Crippen LogP contribution in [-0.4, -0.2) is 53.1 Å². The molecule has 0 bridgehead atoms. The molecule has 1 unspecified atom stereocenters. The van der Waals surface area contributed by atoms with E-state index in [9.17, 15) is 12.8 Å². The topological polar surface area (TPSA) is 88.2 Å². The van der Waals surface area contributed by atoms with Gasteiger partial charge in [0.05, 0.1) is 12.4 Å². The Morgan fingerprint density at radius 2 is 1.82 bits per heavy atom. The summed E-state index contributed by atoms with van der Waals surface area (Å²) in [5.41, 5.74) is 2.13. The standard InChI is InChI=1S/C29H33FN4O3S/c30-24-7-9-25(10-8-24)37-18-21-2-1-13-34(17-21)38(35,36)19-20-3-5-22(6-4-20)27-16-31-14-23-15-33-29-26(28(23)27)11-12-32-29/h7-12,14-16,20-22H,1-6,13,17-19H2,(H,32,33). The quantitative estimate of drug-likeness (QED) is 0.330. The number of hydrogen-bond donors (Lipinski definition) is 1. The summed E-state index contributed by atoms with van der Waals surface area (Å²) in [6.07, 6.45) is 13.1. The van der Waals surface area contributed by atoms with Gasteiger partial charge >= 0.3 is 0 Å². The molecule has 1 atom stereocenters. The fraction of sp³-hybridized carbons (Fsp3) is 0.448. The van der Waals surface area contributed by atoms with Crippen LogP contribution in [-0.2, 0) is 10.0 Å². The first kappa shape index (κ1) is 25.2. The summed E-state index contributed by atoms with van der Waals surface area (Å²) in [5.74, 6) is 1.20. The number of hydrogen-bond acceptors (Lipinski definition) is 5. The molecular formula is C29H33FN4O3S. The van der Waals surface area contributed by atoms with Crippen LogP contribution in [0.5, 0.6) is 5.75 Å². The molecule has 0 amide bonds. The van der Waals surface area contributed by atoms with Gasteiger partial charge in [0.1, 0.15) is 17.2 Å². The van der Waals surface area contributed by atoms with Crippen molar-refractivity contribution in [2.45, 2.75) is 44.4 Å². The van der Waals surface area contributed by atoms with Crippen LogP contribution in [0.2, 0.25) is 0 Å². The molecule has 1 N–H and O–H groups in total. The number of H-pyrrole nitrogens is 1. The number of halogens is 1. The third-order valence-corrected chi connectivity index (χ3v) is 10.3. The predicted molar refractivity (Wildman–Crippen MR) is 146 cm³/mol. The molecule has 1 saturated heterocycles. The van der Waals surface area contributed by atoms with E-state index in [0.29, 0.717) is 31.4 Å². The van der Waals surface area contributed by atoms with Gasteiger partial charge in [-0.15, -0.1) is 0 Å². The monoisotopic (exact) mass is 536 g/mol. The first-order valence-corrected chi connectivity index (χ1v) is 15.1. The molecule has 2 aliphatic rings. The first-order chi connectivity index (χ1) is 18.5. The molecule has 38 heavy (non-hydrogen) atoms. The minimum absolute atomic E-state index is 0.137. The van der Waals surface area contributed by atoms with Gasteiger partial charge in [0.2, 0.25) is 10.0 Å². The van der Waals surface area contributed by atoms with Crippen LogP contribution < -0.4 is 4.74 Å². The van der Waals surface area contributed by atoms with E-state index < -0.39 is 10.0 Å². The second-order valence-electron chi connectivity index (χ2n) is 10.8. The summed E-state index contributed by atoms with van der Waals surface area (Å²) in [4.78, 5) is 12.2. The van der Waals surface area contributed by atoms with E-state index in [-0.39, 0.29) is 23.4 Å². The highest BCUT2D eigenvalue weighted by Gasteiger charge is 2.33. The number of ether oxygens (including phenoxy) is 1. The van der Waals surface area contributed by atoms with Crippen molar-refractivity contribution in [1.82, 2.24) is 19.3 Å². The van der Waals surface area contributed by atoms with Crippen molar-refractivity contribution >= 4 is 31.8 Å². The molecule has 6 rings (SSSR count). The number of nitrogens with one attached hydrogen (secondary N) is 1. The smallest absolute Gasteiger partial charge is 0.214 e. The van der Waals surface area contributed by atoms with Gasteiger partial charge in [-0.25, -0.2) is 22.1 Å². The summed E-state index contributed by atoms with van der Waals surface area (Å²) in [6, 6.07) is 8.03. The summed E-state index contributed by atoms with van der Waals surface area (Å²) in [5, 5.41) is 3.37. The zero-order chi connectivity index (χ0) is 26.1. The van der Waals surface area contributed by atoms with E-state index in [0.717, 1.165) is 54.9 Å². The van der Waals surface area contributed by atoms with Crippen molar-refractivity contribution in [3.05, 3.63) is 66.5 Å². The molecule has 200 valence electrons. The van der Waals surface area contributed by atoms with E-state index in [1.54, 1.807) is 16.4 Å². The van der Waals surface area contributed by atoms with Crippen LogP contribution in [0, 0.1) is 17.7 Å². The number of sulfonamides is 1. The van der Waals surface area contributed by atoms with E-state index in [1.807, 2.05) is 24.8 Å². The maximum absolute atomic E-state index is 13.4. The van der Waals surface area contributed by atoms with E-state index in [1.165, 1.54) is 23.1 Å². The van der Waals surface area contributed by atoms with E-state index in [4.69, 9.17) is 4.74 Å². The van der Waals surface area contributed by atoms with E-state index in [2.05, 4.69) is 21.0 Å². The molecule has 4 aromatic rings. The molecule has 1 aliphatic heterocycles. The lowest BCUT2D eigenvalue weighted by molar-refractivity contribution is 0.179. The number of pyridine rings is 2. The lowest BCUT2D eigenvalue weighted by atomic mass is 9.78. The number of benzene rings is 1. The molecule has 9 heteroatoms. The molecule has 4 heterocycles. The van der Waals surface area contributed by atoms with Gasteiger partial charge in [0, 0.05) is 60.0 Å². The average molecular weight is 537 g/mol. The summed E-state index contributed by atoms with van der Waals surface area (Å²) in [7, 11) is -3.34. The summed E-state index contributed by atoms with van der Waals surface area (Å²) >= 11 is 0. The number of piperidine rings is 1. The second kappa shape index (κ2) is 10.6. The molecule has 7 nitrogen and oxygen atoms in total. The average Bonchev–Trinajstić information content (AvgIpc) is 3.42.